The molecule has 2 aliphatic rings. The van der Waals surface area contributed by atoms with Gasteiger partial charge in [-0.2, -0.15) is 0 Å². The Bertz CT molecular complexity index is 749. The third-order valence-corrected chi connectivity index (χ3v) is 5.68. The van der Waals surface area contributed by atoms with E-state index in [2.05, 4.69) is 36.1 Å². The Morgan fingerprint density at radius 3 is 2.11 bits per heavy atom. The summed E-state index contributed by atoms with van der Waals surface area (Å²) >= 11 is 0. The average Bonchev–Trinajstić information content (AvgIpc) is 3.04. The minimum Gasteiger partial charge on any atom is -0.369 e. The smallest absolute Gasteiger partial charge is 0.136 e. The van der Waals surface area contributed by atoms with Crippen LogP contribution in [0.3, 0.4) is 0 Å². The number of hydrogen-bond acceptors (Lipinski definition) is 4. The first-order chi connectivity index (χ1) is 13.2. The molecule has 2 aliphatic heterocycles. The molecule has 0 unspecified atom stereocenters. The van der Waals surface area contributed by atoms with Crippen molar-refractivity contribution in [1.29, 1.82) is 0 Å². The van der Waals surface area contributed by atoms with Gasteiger partial charge in [-0.1, -0.05) is 60.7 Å². The van der Waals surface area contributed by atoms with Gasteiger partial charge in [0, 0.05) is 31.5 Å². The third kappa shape index (κ3) is 4.29. The van der Waals surface area contributed by atoms with Gasteiger partial charge in [0.25, 0.3) is 0 Å². The molecule has 4 nitrogen and oxygen atoms in total. The van der Waals surface area contributed by atoms with Crippen LogP contribution < -0.4 is 0 Å². The summed E-state index contributed by atoms with van der Waals surface area (Å²) in [5.74, 6) is 0.334. The van der Waals surface area contributed by atoms with Crippen LogP contribution in [-0.2, 0) is 27.5 Å². The second-order valence-corrected chi connectivity index (χ2v) is 7.66. The van der Waals surface area contributed by atoms with E-state index < -0.39 is 0 Å². The Balaban J connectivity index is 1.47. The average molecular weight is 365 g/mol. The lowest BCUT2D eigenvalue weighted by Gasteiger charge is -2.36. The normalized spacial score (nSPS) is 28.3. The molecule has 4 rings (SSSR count). The molecule has 4 heteroatoms. The zero-order chi connectivity index (χ0) is 18.6. The number of nitrogens with zero attached hydrogens (tertiary/aromatic N) is 1. The molecule has 0 aliphatic carbocycles. The van der Waals surface area contributed by atoms with Crippen LogP contribution in [0.25, 0.3) is 0 Å². The van der Waals surface area contributed by atoms with E-state index in [0.717, 1.165) is 17.7 Å². The van der Waals surface area contributed by atoms with Gasteiger partial charge in [-0.25, -0.2) is 0 Å². The van der Waals surface area contributed by atoms with Crippen LogP contribution in [0.4, 0.5) is 0 Å². The van der Waals surface area contributed by atoms with Crippen LogP contribution in [-0.4, -0.2) is 41.5 Å². The molecule has 0 saturated carbocycles. The molecule has 0 N–H and O–H groups in total. The summed E-state index contributed by atoms with van der Waals surface area (Å²) in [4.78, 5) is 14.6. The highest BCUT2D eigenvalue weighted by Crippen LogP contribution is 2.34. The number of piperidine rings is 1. The van der Waals surface area contributed by atoms with E-state index in [1.54, 1.807) is 0 Å². The van der Waals surface area contributed by atoms with Gasteiger partial charge < -0.3 is 9.47 Å². The number of Topliss-reactive ketones (excluding diaryl/α,β-unsaturated/α-hetero) is 1. The highest BCUT2D eigenvalue weighted by Gasteiger charge is 2.48. The number of carbonyl (C=O) groups is 1. The van der Waals surface area contributed by atoms with Gasteiger partial charge in [0.15, 0.2) is 0 Å². The first-order valence-corrected chi connectivity index (χ1v) is 9.79. The molecule has 2 aromatic rings. The minimum absolute atomic E-state index is 0.0210. The Hall–Kier alpha value is -2.01. The quantitative estimate of drug-likeness (QED) is 0.784. The third-order valence-electron chi connectivity index (χ3n) is 5.68. The second-order valence-electron chi connectivity index (χ2n) is 7.66. The zero-order valence-corrected chi connectivity index (χ0v) is 15.8. The Labute approximate surface area is 161 Å². The topological polar surface area (TPSA) is 38.8 Å². The molecule has 2 heterocycles. The Kier molecular flexibility index (Phi) is 5.67. The van der Waals surface area contributed by atoms with Crippen LogP contribution in [0.2, 0.25) is 0 Å². The molecule has 0 radical (unpaired) electrons. The van der Waals surface area contributed by atoms with E-state index in [0.29, 0.717) is 31.8 Å². The number of hydrogen-bond donors (Lipinski definition) is 0. The van der Waals surface area contributed by atoms with Crippen molar-refractivity contribution in [3.05, 3.63) is 71.8 Å². The monoisotopic (exact) mass is 365 g/mol. The van der Waals surface area contributed by atoms with Crippen molar-refractivity contribution in [2.45, 2.75) is 57.3 Å². The lowest BCUT2D eigenvalue weighted by molar-refractivity contribution is -0.127. The van der Waals surface area contributed by atoms with Crippen LogP contribution in [0.5, 0.6) is 0 Å². The van der Waals surface area contributed by atoms with E-state index in [1.165, 1.54) is 0 Å². The molecule has 0 spiro atoms. The first kappa shape index (κ1) is 18.4. The van der Waals surface area contributed by atoms with Crippen molar-refractivity contribution >= 4 is 5.78 Å². The van der Waals surface area contributed by atoms with Gasteiger partial charge in [0.05, 0.1) is 19.3 Å². The van der Waals surface area contributed by atoms with E-state index in [4.69, 9.17) is 9.47 Å². The van der Waals surface area contributed by atoms with E-state index in [-0.39, 0.29) is 24.3 Å². The van der Waals surface area contributed by atoms with Gasteiger partial charge in [-0.05, 0) is 18.1 Å². The zero-order valence-electron chi connectivity index (χ0n) is 15.8. The molecular weight excluding hydrogens is 338 g/mol. The minimum atomic E-state index is -0.0828. The van der Waals surface area contributed by atoms with Crippen LogP contribution >= 0.6 is 0 Å². The van der Waals surface area contributed by atoms with E-state index >= 15 is 0 Å². The summed E-state index contributed by atoms with van der Waals surface area (Å²) in [6.45, 7) is 4.08. The van der Waals surface area contributed by atoms with Gasteiger partial charge in [-0.3, -0.25) is 9.69 Å². The van der Waals surface area contributed by atoms with E-state index in [9.17, 15) is 4.79 Å². The van der Waals surface area contributed by atoms with Gasteiger partial charge in [-0.15, -0.1) is 0 Å². The summed E-state index contributed by atoms with van der Waals surface area (Å²) in [5.41, 5.74) is 2.31. The predicted octanol–water partition coefficient (Wildman–Crippen LogP) is 3.59. The molecule has 0 amide bonds. The Morgan fingerprint density at radius 2 is 1.48 bits per heavy atom. The maximum Gasteiger partial charge on any atom is 0.136 e. The summed E-state index contributed by atoms with van der Waals surface area (Å²) in [6.07, 6.45) is 1.09. The fourth-order valence-corrected chi connectivity index (χ4v) is 4.30. The fraction of sp³-hybridized carbons (Fsp3) is 0.435. The van der Waals surface area contributed by atoms with Crippen LogP contribution in [0, 0.1) is 0 Å². The van der Waals surface area contributed by atoms with Crippen LogP contribution in [0.1, 0.15) is 30.9 Å². The number of rotatable bonds is 6. The largest absolute Gasteiger partial charge is 0.369 e. The van der Waals surface area contributed by atoms with Gasteiger partial charge >= 0.3 is 0 Å². The maximum absolute atomic E-state index is 12.2. The number of benzene rings is 2. The molecule has 2 saturated heterocycles. The first-order valence-electron chi connectivity index (χ1n) is 9.79. The molecule has 0 bridgehead atoms. The molecule has 27 heavy (non-hydrogen) atoms. The predicted molar refractivity (Wildman–Crippen MR) is 104 cm³/mol. The maximum atomic E-state index is 12.2. The number of fused-ring (bicyclic) bond motifs is 1. The number of carbonyl (C=O) groups excluding carboxylic acids is 1. The Morgan fingerprint density at radius 1 is 0.889 bits per heavy atom. The fourth-order valence-electron chi connectivity index (χ4n) is 4.30. The summed E-state index contributed by atoms with van der Waals surface area (Å²) in [7, 11) is 0. The molecule has 2 fully saturated rings. The van der Waals surface area contributed by atoms with Crippen molar-refractivity contribution in [2.24, 2.45) is 0 Å². The van der Waals surface area contributed by atoms with Crippen LogP contribution in [0.15, 0.2) is 60.7 Å². The highest BCUT2D eigenvalue weighted by atomic mass is 16.5. The summed E-state index contributed by atoms with van der Waals surface area (Å²) < 4.78 is 12.6. The summed E-state index contributed by atoms with van der Waals surface area (Å²) in [5, 5.41) is 0. The van der Waals surface area contributed by atoms with Crippen molar-refractivity contribution in [2.75, 3.05) is 6.54 Å². The van der Waals surface area contributed by atoms with Crippen molar-refractivity contribution in [3.8, 4) is 0 Å². The lowest BCUT2D eigenvalue weighted by Crippen LogP contribution is -2.48. The van der Waals surface area contributed by atoms with Gasteiger partial charge in [0.1, 0.15) is 11.9 Å². The summed E-state index contributed by atoms with van der Waals surface area (Å²) in [6, 6.07) is 20.8. The lowest BCUT2D eigenvalue weighted by atomic mass is 9.94. The number of ether oxygens (including phenoxy) is 2. The molecule has 4 atom stereocenters. The van der Waals surface area contributed by atoms with Crippen molar-refractivity contribution in [1.82, 2.24) is 4.90 Å². The SMILES string of the molecule is C[C@@H]1CC(=O)C[C@@H]2[C@@H](OCc3ccccc3)[C@H](OCc3ccccc3)CN12. The number of ketones is 1. The van der Waals surface area contributed by atoms with Crippen molar-refractivity contribution in [3.63, 3.8) is 0 Å². The molecule has 142 valence electrons. The van der Waals surface area contributed by atoms with Crippen molar-refractivity contribution < 1.29 is 14.3 Å². The molecular formula is C23H27NO3. The molecule has 0 aromatic heterocycles. The highest BCUT2D eigenvalue weighted by molar-refractivity contribution is 5.80. The van der Waals surface area contributed by atoms with E-state index in [1.807, 2.05) is 36.4 Å². The molecule has 2 aromatic carbocycles. The standard InChI is InChI=1S/C23H27NO3/c1-17-12-20(25)13-21-23(27-16-19-10-6-3-7-11-19)22(14-24(17)21)26-15-18-8-4-2-5-9-18/h2-11,17,21-23H,12-16H2,1H3/t17-,21-,22-,23-/m1/s1. The second kappa shape index (κ2) is 8.34. The van der Waals surface area contributed by atoms with Gasteiger partial charge in [0.2, 0.25) is 0 Å².